The minimum atomic E-state index is 0.234. The van der Waals surface area contributed by atoms with Crippen molar-refractivity contribution in [3.05, 3.63) is 35.8 Å². The fourth-order valence-electron chi connectivity index (χ4n) is 2.30. The lowest BCUT2D eigenvalue weighted by Gasteiger charge is -2.22. The average Bonchev–Trinajstić information content (AvgIpc) is 2.99. The molecule has 1 N–H and O–H groups in total. The van der Waals surface area contributed by atoms with Gasteiger partial charge in [0.1, 0.15) is 17.4 Å². The summed E-state index contributed by atoms with van der Waals surface area (Å²) in [6.07, 6.45) is 4.23. The Balaban J connectivity index is 1.84. The van der Waals surface area contributed by atoms with Gasteiger partial charge in [0, 0.05) is 25.5 Å². The molecule has 3 heterocycles. The Bertz CT molecular complexity index is 490. The third kappa shape index (κ3) is 1.98. The zero-order chi connectivity index (χ0) is 11.7. The van der Waals surface area contributed by atoms with Gasteiger partial charge in [-0.2, -0.15) is 0 Å². The van der Waals surface area contributed by atoms with Crippen molar-refractivity contribution in [3.8, 4) is 0 Å². The second-order valence-corrected chi connectivity index (χ2v) is 4.49. The molecular formula is C12H15N3O2. The normalized spacial score (nSPS) is 19.2. The highest BCUT2D eigenvalue weighted by atomic mass is 16.3. The van der Waals surface area contributed by atoms with Crippen molar-refractivity contribution in [2.75, 3.05) is 6.61 Å². The SMILES string of the molecule is OCC1CCc2nnc(Cc3ccco3)n2C1. The van der Waals surface area contributed by atoms with Gasteiger partial charge in [0.2, 0.25) is 0 Å². The first-order valence-electron chi connectivity index (χ1n) is 5.91. The van der Waals surface area contributed by atoms with Crippen LogP contribution in [0.3, 0.4) is 0 Å². The van der Waals surface area contributed by atoms with E-state index in [0.29, 0.717) is 12.3 Å². The van der Waals surface area contributed by atoms with Crippen molar-refractivity contribution < 1.29 is 9.52 Å². The van der Waals surface area contributed by atoms with Gasteiger partial charge in [-0.3, -0.25) is 0 Å². The number of aryl methyl sites for hydroxylation is 1. The number of fused-ring (bicyclic) bond motifs is 1. The Morgan fingerprint density at radius 1 is 1.47 bits per heavy atom. The molecule has 1 atom stereocenters. The molecule has 0 radical (unpaired) electrons. The van der Waals surface area contributed by atoms with Crippen LogP contribution in [0.2, 0.25) is 0 Å². The highest BCUT2D eigenvalue weighted by molar-refractivity contribution is 5.09. The van der Waals surface area contributed by atoms with Gasteiger partial charge in [-0.15, -0.1) is 10.2 Å². The molecule has 1 aliphatic heterocycles. The van der Waals surface area contributed by atoms with Crippen LogP contribution in [0, 0.1) is 5.92 Å². The average molecular weight is 233 g/mol. The molecule has 17 heavy (non-hydrogen) atoms. The van der Waals surface area contributed by atoms with Gasteiger partial charge in [-0.25, -0.2) is 0 Å². The molecule has 2 aromatic heterocycles. The number of hydrogen-bond donors (Lipinski definition) is 1. The monoisotopic (exact) mass is 233 g/mol. The molecule has 1 aliphatic rings. The molecule has 0 saturated carbocycles. The number of furan rings is 1. The predicted octanol–water partition coefficient (Wildman–Crippen LogP) is 1.02. The Labute approximate surface area is 99.1 Å². The van der Waals surface area contributed by atoms with E-state index in [9.17, 15) is 5.11 Å². The summed E-state index contributed by atoms with van der Waals surface area (Å²) in [4.78, 5) is 0. The van der Waals surface area contributed by atoms with E-state index in [2.05, 4.69) is 14.8 Å². The summed E-state index contributed by atoms with van der Waals surface area (Å²) in [5, 5.41) is 17.6. The van der Waals surface area contributed by atoms with E-state index in [1.807, 2.05) is 12.1 Å². The zero-order valence-electron chi connectivity index (χ0n) is 9.54. The van der Waals surface area contributed by atoms with Gasteiger partial charge in [-0.05, 0) is 18.6 Å². The molecule has 1 unspecified atom stereocenters. The Kier molecular flexibility index (Phi) is 2.68. The smallest absolute Gasteiger partial charge is 0.140 e. The van der Waals surface area contributed by atoms with Crippen molar-refractivity contribution in [2.45, 2.75) is 25.8 Å². The summed E-state index contributed by atoms with van der Waals surface area (Å²) in [6, 6.07) is 3.81. The van der Waals surface area contributed by atoms with Gasteiger partial charge in [0.25, 0.3) is 0 Å². The number of hydrogen-bond acceptors (Lipinski definition) is 4. The van der Waals surface area contributed by atoms with Crippen LogP contribution in [0.15, 0.2) is 22.8 Å². The first kappa shape index (κ1) is 10.5. The van der Waals surface area contributed by atoms with Crippen LogP contribution in [-0.4, -0.2) is 26.5 Å². The van der Waals surface area contributed by atoms with Crippen molar-refractivity contribution >= 4 is 0 Å². The molecule has 2 aromatic rings. The molecule has 0 aromatic carbocycles. The summed E-state index contributed by atoms with van der Waals surface area (Å²) in [6.45, 7) is 1.05. The number of rotatable bonds is 3. The highest BCUT2D eigenvalue weighted by Crippen LogP contribution is 2.20. The van der Waals surface area contributed by atoms with Crippen molar-refractivity contribution in [1.29, 1.82) is 0 Å². The third-order valence-electron chi connectivity index (χ3n) is 3.29. The largest absolute Gasteiger partial charge is 0.469 e. The van der Waals surface area contributed by atoms with Crippen LogP contribution in [0.1, 0.15) is 23.8 Å². The molecule has 0 fully saturated rings. The highest BCUT2D eigenvalue weighted by Gasteiger charge is 2.22. The van der Waals surface area contributed by atoms with Crippen LogP contribution in [0.25, 0.3) is 0 Å². The lowest BCUT2D eigenvalue weighted by Crippen LogP contribution is -2.24. The molecule has 3 rings (SSSR count). The fraction of sp³-hybridized carbons (Fsp3) is 0.500. The molecule has 0 amide bonds. The quantitative estimate of drug-likeness (QED) is 0.859. The van der Waals surface area contributed by atoms with Crippen LogP contribution < -0.4 is 0 Å². The molecule has 90 valence electrons. The minimum absolute atomic E-state index is 0.234. The van der Waals surface area contributed by atoms with Gasteiger partial charge < -0.3 is 14.1 Å². The maximum atomic E-state index is 9.23. The minimum Gasteiger partial charge on any atom is -0.469 e. The molecule has 5 nitrogen and oxygen atoms in total. The van der Waals surface area contributed by atoms with Gasteiger partial charge in [-0.1, -0.05) is 0 Å². The van der Waals surface area contributed by atoms with Crippen LogP contribution >= 0.6 is 0 Å². The maximum Gasteiger partial charge on any atom is 0.140 e. The molecule has 5 heteroatoms. The van der Waals surface area contributed by atoms with Crippen molar-refractivity contribution in [2.24, 2.45) is 5.92 Å². The fourth-order valence-corrected chi connectivity index (χ4v) is 2.30. The Morgan fingerprint density at radius 2 is 2.41 bits per heavy atom. The molecule has 0 spiro atoms. The topological polar surface area (TPSA) is 64.1 Å². The van der Waals surface area contributed by atoms with E-state index in [0.717, 1.165) is 36.8 Å². The number of aliphatic hydroxyl groups excluding tert-OH is 1. The first-order chi connectivity index (χ1) is 8.36. The summed E-state index contributed by atoms with van der Waals surface area (Å²) in [7, 11) is 0. The second-order valence-electron chi connectivity index (χ2n) is 4.49. The summed E-state index contributed by atoms with van der Waals surface area (Å²) >= 11 is 0. The lowest BCUT2D eigenvalue weighted by molar-refractivity contribution is 0.189. The Morgan fingerprint density at radius 3 is 3.18 bits per heavy atom. The zero-order valence-corrected chi connectivity index (χ0v) is 9.54. The van der Waals surface area contributed by atoms with E-state index in [4.69, 9.17) is 4.42 Å². The van der Waals surface area contributed by atoms with Crippen molar-refractivity contribution in [3.63, 3.8) is 0 Å². The van der Waals surface area contributed by atoms with Gasteiger partial charge >= 0.3 is 0 Å². The maximum absolute atomic E-state index is 9.23. The van der Waals surface area contributed by atoms with Crippen LogP contribution in [0.4, 0.5) is 0 Å². The van der Waals surface area contributed by atoms with Crippen molar-refractivity contribution in [1.82, 2.24) is 14.8 Å². The van der Waals surface area contributed by atoms with Crippen LogP contribution in [-0.2, 0) is 19.4 Å². The standard InChI is InChI=1S/C12H15N3O2/c16-8-9-3-4-11-13-14-12(15(11)7-9)6-10-2-1-5-17-10/h1-2,5,9,16H,3-4,6-8H2. The first-order valence-corrected chi connectivity index (χ1v) is 5.91. The van der Waals surface area contributed by atoms with Gasteiger partial charge in [0.15, 0.2) is 0 Å². The predicted molar refractivity (Wildman–Crippen MR) is 60.4 cm³/mol. The molecule has 0 saturated heterocycles. The summed E-state index contributed by atoms with van der Waals surface area (Å²) in [5.74, 6) is 3.17. The summed E-state index contributed by atoms with van der Waals surface area (Å²) in [5.41, 5.74) is 0. The van der Waals surface area contributed by atoms with Crippen LogP contribution in [0.5, 0.6) is 0 Å². The van der Waals surface area contributed by atoms with E-state index >= 15 is 0 Å². The summed E-state index contributed by atoms with van der Waals surface area (Å²) < 4.78 is 7.44. The Hall–Kier alpha value is -1.62. The third-order valence-corrected chi connectivity index (χ3v) is 3.29. The van der Waals surface area contributed by atoms with E-state index in [-0.39, 0.29) is 6.61 Å². The number of aliphatic hydroxyl groups is 1. The van der Waals surface area contributed by atoms with E-state index < -0.39 is 0 Å². The number of nitrogens with zero attached hydrogens (tertiary/aromatic N) is 3. The molecule has 0 bridgehead atoms. The molecule has 0 aliphatic carbocycles. The molecular weight excluding hydrogens is 218 g/mol. The second kappa shape index (κ2) is 4.33. The number of aromatic nitrogens is 3. The van der Waals surface area contributed by atoms with E-state index in [1.54, 1.807) is 6.26 Å². The van der Waals surface area contributed by atoms with E-state index in [1.165, 1.54) is 0 Å². The lowest BCUT2D eigenvalue weighted by atomic mass is 10.0. The van der Waals surface area contributed by atoms with Gasteiger partial charge in [0.05, 0.1) is 12.7 Å².